The van der Waals surface area contributed by atoms with Crippen LogP contribution < -0.4 is 38.2 Å². The third kappa shape index (κ3) is 11.8. The van der Waals surface area contributed by atoms with Crippen molar-refractivity contribution in [3.05, 3.63) is 111 Å². The number of fused-ring (bicyclic) bond motifs is 1. The molecule has 1 aliphatic rings. The highest BCUT2D eigenvalue weighted by molar-refractivity contribution is 7.98. The number of urea groups is 1. The fourth-order valence-corrected chi connectivity index (χ4v) is 7.22. The Morgan fingerprint density at radius 3 is 2.48 bits per heavy atom. The van der Waals surface area contributed by atoms with Crippen LogP contribution in [-0.2, 0) is 36.8 Å². The van der Waals surface area contributed by atoms with Crippen molar-refractivity contribution in [1.29, 1.82) is 0 Å². The number of aliphatic hydroxyl groups excluding tert-OH is 1. The number of nitrogens with zero attached hydrogens (tertiary/aromatic N) is 2. The predicted octanol–water partition coefficient (Wildman–Crippen LogP) is -0.0206. The van der Waals surface area contributed by atoms with Gasteiger partial charge in [0.2, 0.25) is 23.9 Å². The summed E-state index contributed by atoms with van der Waals surface area (Å²) in [6, 6.07) is 7.22. The molecule has 5 rings (SSSR count). The van der Waals surface area contributed by atoms with Crippen molar-refractivity contribution in [2.24, 2.45) is 5.73 Å². The number of likely N-dealkylation sites (N-methyl/N-ethyl adjacent to an activating group) is 1. The number of phenolic OH excluding ortho intramolecular Hbond substituents is 1. The first kappa shape index (κ1) is 45.5. The summed E-state index contributed by atoms with van der Waals surface area (Å²) in [4.78, 5) is 97.5. The molecule has 0 aliphatic carbocycles. The minimum Gasteiger partial charge on any atom is -0.508 e. The zero-order valence-electron chi connectivity index (χ0n) is 33.5. The number of H-pyrrole nitrogens is 2. The lowest BCUT2D eigenvalue weighted by Crippen LogP contribution is -2.62. The van der Waals surface area contributed by atoms with Gasteiger partial charge in [-0.2, -0.15) is 11.8 Å². The highest BCUT2D eigenvalue weighted by atomic mass is 32.2. The Hall–Kier alpha value is -6.58. The molecule has 0 bridgehead atoms. The molecule has 0 saturated carbocycles. The number of carboxylic acids is 1. The molecule has 1 aliphatic heterocycles. The van der Waals surface area contributed by atoms with E-state index in [0.29, 0.717) is 16.9 Å². The van der Waals surface area contributed by atoms with E-state index in [2.05, 4.69) is 31.2 Å². The average molecular weight is 864 g/mol. The average Bonchev–Trinajstić information content (AvgIpc) is 3.81. The highest BCUT2D eigenvalue weighted by Gasteiger charge is 2.37. The quantitative estimate of drug-likeness (QED) is 0.0630. The number of carboxylic acid groups (broad SMARTS) is 1. The number of carbonyl (C=O) groups excluding carboxylic acids is 4. The maximum atomic E-state index is 14.0. The van der Waals surface area contributed by atoms with Gasteiger partial charge in [0, 0.05) is 55.5 Å². The summed E-state index contributed by atoms with van der Waals surface area (Å²) in [7, 11) is 1.39. The van der Waals surface area contributed by atoms with Gasteiger partial charge in [-0.15, -0.1) is 0 Å². The van der Waals surface area contributed by atoms with Crippen molar-refractivity contribution in [1.82, 2.24) is 40.7 Å². The Balaban J connectivity index is 1.34. The first-order chi connectivity index (χ1) is 29.1. The Kier molecular flexibility index (Phi) is 15.4. The smallest absolute Gasteiger partial charge is 0.331 e. The molecule has 0 radical (unpaired) electrons. The van der Waals surface area contributed by atoms with Crippen LogP contribution >= 0.6 is 11.8 Å². The van der Waals surface area contributed by atoms with E-state index >= 15 is 0 Å². The number of carbonyl (C=O) groups is 5. The maximum absolute atomic E-state index is 14.0. The molecule has 20 nitrogen and oxygen atoms in total. The monoisotopic (exact) mass is 863 g/mol. The van der Waals surface area contributed by atoms with E-state index in [1.54, 1.807) is 30.7 Å². The van der Waals surface area contributed by atoms with Crippen LogP contribution in [0.15, 0.2) is 88.5 Å². The van der Waals surface area contributed by atoms with Gasteiger partial charge in [-0.25, -0.2) is 14.4 Å². The summed E-state index contributed by atoms with van der Waals surface area (Å²) >= 11 is 1.37. The van der Waals surface area contributed by atoms with E-state index < -0.39 is 83.5 Å². The number of amides is 5. The van der Waals surface area contributed by atoms with Crippen LogP contribution in [0.5, 0.6) is 5.75 Å². The summed E-state index contributed by atoms with van der Waals surface area (Å²) < 4.78 is 6.69. The summed E-state index contributed by atoms with van der Waals surface area (Å²) in [5, 5.41) is 41.5. The number of phenols is 1. The lowest BCUT2D eigenvalue weighted by atomic mass is 10.0. The minimum atomic E-state index is -1.51. The molecule has 4 aromatic rings. The number of nitrogens with one attached hydrogen (secondary N) is 6. The van der Waals surface area contributed by atoms with Crippen molar-refractivity contribution < 1.29 is 44.0 Å². The van der Waals surface area contributed by atoms with E-state index in [1.807, 2.05) is 18.2 Å². The zero-order chi connectivity index (χ0) is 44.4. The molecule has 7 atom stereocenters. The van der Waals surface area contributed by atoms with Crippen LogP contribution in [0, 0.1) is 0 Å². The standard InChI is InChI=1S/C40H49N9O11S/c1-21(48(2)36(55)27(41)16-22-7-6-8-24(50)15-22)33(35(54)43-20-25-18-31(51)37(60-25)49-13-11-32(52)46-40(49)59)47-34(53)29(12-14-61-3)44-39(58)45-30(38(56)57)17-23-19-42-28-10-5-4-9-26(23)28/h4-11,13,15,19-21,27,29-31,33,37,42,50-51H,12,14,16-18,41H2,1-3H3,(H,43,54)(H,47,53)(H,56,57)(H2,44,45,58)(H,46,52,59)/b25-20+/t21?,27?,29?,30?,31-,33?,37-/m1/s1. The van der Waals surface area contributed by atoms with E-state index in [1.165, 1.54) is 42.8 Å². The van der Waals surface area contributed by atoms with Crippen LogP contribution in [0.2, 0.25) is 0 Å². The number of nitrogens with two attached hydrogens (primary N) is 1. The van der Waals surface area contributed by atoms with Crippen molar-refractivity contribution in [3.63, 3.8) is 0 Å². The summed E-state index contributed by atoms with van der Waals surface area (Å²) in [5.74, 6) is -3.21. The first-order valence-electron chi connectivity index (χ1n) is 19.2. The lowest BCUT2D eigenvalue weighted by molar-refractivity contribution is -0.139. The minimum absolute atomic E-state index is 0.0191. The molecular formula is C40H49N9O11S. The van der Waals surface area contributed by atoms with Gasteiger partial charge in [-0.3, -0.25) is 28.7 Å². The zero-order valence-corrected chi connectivity index (χ0v) is 34.3. The molecule has 61 heavy (non-hydrogen) atoms. The fourth-order valence-electron chi connectivity index (χ4n) is 6.75. The van der Waals surface area contributed by atoms with Crippen LogP contribution in [0.25, 0.3) is 10.9 Å². The Labute approximate surface area is 352 Å². The molecular weight excluding hydrogens is 815 g/mol. The normalized spacial score (nSPS) is 18.0. The second-order valence-corrected chi connectivity index (χ2v) is 15.5. The SMILES string of the molecule is CSCCC(NC(=O)NC(Cc1c[nH]c2ccccc12)C(=O)O)C(=O)NC(C(=O)N/C=C1\C[C@@H](O)[C@H](n2ccc(=O)[nH]c2=O)O1)C(C)N(C)C(=O)C(N)Cc1cccc(O)c1. The molecule has 326 valence electrons. The molecule has 5 amide bonds. The summed E-state index contributed by atoms with van der Waals surface area (Å²) in [5.41, 5.74) is 6.81. The number of ether oxygens (including phenoxy) is 1. The Bertz CT molecular complexity index is 2380. The van der Waals surface area contributed by atoms with Crippen molar-refractivity contribution in [2.75, 3.05) is 19.1 Å². The number of thioether (sulfide) groups is 1. The molecule has 1 saturated heterocycles. The molecule has 2 aromatic heterocycles. The molecule has 11 N–H and O–H groups in total. The predicted molar refractivity (Wildman–Crippen MR) is 224 cm³/mol. The van der Waals surface area contributed by atoms with Crippen LogP contribution in [0.3, 0.4) is 0 Å². The number of hydrogen-bond donors (Lipinski definition) is 10. The molecule has 0 spiro atoms. The van der Waals surface area contributed by atoms with E-state index in [9.17, 15) is 48.9 Å². The lowest BCUT2D eigenvalue weighted by Gasteiger charge is -2.34. The van der Waals surface area contributed by atoms with E-state index in [0.717, 1.165) is 33.9 Å². The number of rotatable bonds is 18. The van der Waals surface area contributed by atoms with E-state index in [4.69, 9.17) is 10.5 Å². The van der Waals surface area contributed by atoms with Gasteiger partial charge < -0.3 is 56.9 Å². The Morgan fingerprint density at radius 1 is 1.03 bits per heavy atom. The van der Waals surface area contributed by atoms with E-state index in [-0.39, 0.29) is 37.2 Å². The maximum Gasteiger partial charge on any atom is 0.331 e. The number of para-hydroxylation sites is 1. The number of aromatic nitrogens is 3. The number of benzene rings is 2. The molecule has 1 fully saturated rings. The fraction of sp³-hybridized carbons (Fsp3) is 0.375. The largest absolute Gasteiger partial charge is 0.508 e. The summed E-state index contributed by atoms with van der Waals surface area (Å²) in [6.45, 7) is 1.49. The van der Waals surface area contributed by atoms with Crippen molar-refractivity contribution >= 4 is 52.4 Å². The van der Waals surface area contributed by atoms with Gasteiger partial charge in [-0.05, 0) is 61.1 Å². The van der Waals surface area contributed by atoms with Gasteiger partial charge >= 0.3 is 17.7 Å². The van der Waals surface area contributed by atoms with Crippen LogP contribution in [0.4, 0.5) is 4.79 Å². The number of aromatic hydroxyl groups is 1. The third-order valence-corrected chi connectivity index (χ3v) is 10.8. The third-order valence-electron chi connectivity index (χ3n) is 10.2. The Morgan fingerprint density at radius 2 is 1.77 bits per heavy atom. The van der Waals surface area contributed by atoms with Gasteiger partial charge in [0.15, 0.2) is 0 Å². The second-order valence-electron chi connectivity index (χ2n) is 14.5. The highest BCUT2D eigenvalue weighted by Crippen LogP contribution is 2.30. The molecule has 2 aromatic carbocycles. The topological polar surface area (TPSA) is 303 Å². The van der Waals surface area contributed by atoms with Gasteiger partial charge in [0.25, 0.3) is 5.56 Å². The summed E-state index contributed by atoms with van der Waals surface area (Å²) in [6.07, 6.45) is 3.09. The molecule has 21 heteroatoms. The van der Waals surface area contributed by atoms with Gasteiger partial charge in [-0.1, -0.05) is 30.3 Å². The van der Waals surface area contributed by atoms with Gasteiger partial charge in [0.1, 0.15) is 35.7 Å². The molecule has 5 unspecified atom stereocenters. The second kappa shape index (κ2) is 20.6. The first-order valence-corrected chi connectivity index (χ1v) is 20.6. The number of hydrogen-bond acceptors (Lipinski definition) is 12. The number of aromatic amines is 2. The number of aliphatic carboxylic acids is 1. The van der Waals surface area contributed by atoms with Crippen LogP contribution in [-0.4, -0.2) is 120 Å². The van der Waals surface area contributed by atoms with Gasteiger partial charge in [0.05, 0.1) is 12.1 Å². The van der Waals surface area contributed by atoms with Crippen molar-refractivity contribution in [2.45, 2.75) is 75.1 Å². The number of aliphatic hydroxyl groups is 1. The van der Waals surface area contributed by atoms with Crippen molar-refractivity contribution in [3.8, 4) is 5.75 Å². The molecule has 3 heterocycles. The van der Waals surface area contributed by atoms with Crippen LogP contribution in [0.1, 0.15) is 37.1 Å².